The Morgan fingerprint density at radius 1 is 1.20 bits per heavy atom. The van der Waals surface area contributed by atoms with Gasteiger partial charge in [0.1, 0.15) is 0 Å². The molecule has 1 fully saturated rings. The zero-order valence-electron chi connectivity index (χ0n) is 12.9. The molecular formula is C15H23BN2O2. The molecule has 0 radical (unpaired) electrons. The molecule has 2 N–H and O–H groups in total. The molecule has 0 aromatic rings. The molecule has 0 amide bonds. The van der Waals surface area contributed by atoms with Crippen molar-refractivity contribution in [3.8, 4) is 0 Å². The van der Waals surface area contributed by atoms with Crippen LogP contribution in [0.15, 0.2) is 35.5 Å². The third-order valence-corrected chi connectivity index (χ3v) is 4.06. The Hall–Kier alpha value is -1.33. The maximum Gasteiger partial charge on any atom is 0.494 e. The molecule has 0 saturated carbocycles. The van der Waals surface area contributed by atoms with Crippen LogP contribution >= 0.6 is 0 Å². The first-order chi connectivity index (χ1) is 9.27. The van der Waals surface area contributed by atoms with E-state index in [1.165, 1.54) is 0 Å². The molecule has 0 spiro atoms. The summed E-state index contributed by atoms with van der Waals surface area (Å²) in [5.74, 6) is 0. The number of hydrogen-bond donors (Lipinski definition) is 2. The molecule has 0 aromatic carbocycles. The minimum Gasteiger partial charge on any atom is -0.399 e. The highest BCUT2D eigenvalue weighted by molar-refractivity contribution is 6.56. The highest BCUT2D eigenvalue weighted by Gasteiger charge is 2.52. The molecular weight excluding hydrogens is 251 g/mol. The second-order valence-electron chi connectivity index (χ2n) is 6.14. The molecule has 0 unspecified atom stereocenters. The molecule has 20 heavy (non-hydrogen) atoms. The standard InChI is InChI=1S/C15H23BN2O2/c1-6-18-10-11-9-12(7-8-13(11)17)16-19-14(2,3)15(4,5)20-16/h7-10,17-18H,6H2,1-5H3/b11-10-,17-13?. The first kappa shape index (κ1) is 15.1. The fraction of sp³-hybridized carbons (Fsp3) is 0.533. The van der Waals surface area contributed by atoms with Gasteiger partial charge in [-0.2, -0.15) is 0 Å². The lowest BCUT2D eigenvalue weighted by Crippen LogP contribution is -2.41. The van der Waals surface area contributed by atoms with E-state index in [1.807, 2.05) is 53.0 Å². The van der Waals surface area contributed by atoms with E-state index in [4.69, 9.17) is 14.7 Å². The Kier molecular flexibility index (Phi) is 3.94. The smallest absolute Gasteiger partial charge is 0.399 e. The average molecular weight is 274 g/mol. The van der Waals surface area contributed by atoms with Gasteiger partial charge in [0.25, 0.3) is 0 Å². The van der Waals surface area contributed by atoms with Crippen LogP contribution in [-0.2, 0) is 9.31 Å². The lowest BCUT2D eigenvalue weighted by atomic mass is 9.74. The van der Waals surface area contributed by atoms with Crippen molar-refractivity contribution in [2.75, 3.05) is 6.54 Å². The maximum absolute atomic E-state index is 7.92. The Labute approximate surface area is 121 Å². The third-order valence-electron chi connectivity index (χ3n) is 4.06. The van der Waals surface area contributed by atoms with Crippen LogP contribution in [0.1, 0.15) is 34.6 Å². The molecule has 0 bridgehead atoms. The number of nitrogens with one attached hydrogen (secondary N) is 2. The predicted molar refractivity (Wildman–Crippen MR) is 82.8 cm³/mol. The van der Waals surface area contributed by atoms with Gasteiger partial charge in [-0.25, -0.2) is 0 Å². The van der Waals surface area contributed by atoms with E-state index in [-0.39, 0.29) is 18.3 Å². The molecule has 108 valence electrons. The Balaban J connectivity index is 2.22. The summed E-state index contributed by atoms with van der Waals surface area (Å²) in [6.45, 7) is 11.0. The molecule has 0 aromatic heterocycles. The van der Waals surface area contributed by atoms with E-state index in [2.05, 4.69) is 5.32 Å². The van der Waals surface area contributed by atoms with Crippen LogP contribution in [0.5, 0.6) is 0 Å². The summed E-state index contributed by atoms with van der Waals surface area (Å²) in [5, 5.41) is 11.0. The Morgan fingerprint density at radius 2 is 1.80 bits per heavy atom. The number of allylic oxidation sites excluding steroid dienone is 5. The lowest BCUT2D eigenvalue weighted by Gasteiger charge is -2.32. The van der Waals surface area contributed by atoms with Crippen LogP contribution in [0.25, 0.3) is 0 Å². The van der Waals surface area contributed by atoms with Crippen LogP contribution in [0, 0.1) is 5.41 Å². The molecule has 2 aliphatic rings. The second kappa shape index (κ2) is 5.22. The summed E-state index contributed by atoms with van der Waals surface area (Å²) in [7, 11) is -0.380. The Bertz CT molecular complexity index is 488. The van der Waals surface area contributed by atoms with Crippen molar-refractivity contribution in [3.05, 3.63) is 35.5 Å². The highest BCUT2D eigenvalue weighted by atomic mass is 16.7. The van der Waals surface area contributed by atoms with Crippen molar-refractivity contribution in [1.82, 2.24) is 5.32 Å². The maximum atomic E-state index is 7.92. The number of hydrogen-bond acceptors (Lipinski definition) is 4. The molecule has 1 saturated heterocycles. The van der Waals surface area contributed by atoms with Gasteiger partial charge in [-0.1, -0.05) is 12.2 Å². The topological polar surface area (TPSA) is 54.3 Å². The minimum atomic E-state index is -0.380. The average Bonchev–Trinajstić information content (AvgIpc) is 2.57. The quantitative estimate of drug-likeness (QED) is 0.778. The van der Waals surface area contributed by atoms with Crippen LogP contribution in [0.4, 0.5) is 0 Å². The van der Waals surface area contributed by atoms with E-state index < -0.39 is 0 Å². The zero-order valence-corrected chi connectivity index (χ0v) is 12.9. The van der Waals surface area contributed by atoms with E-state index in [1.54, 1.807) is 6.08 Å². The van der Waals surface area contributed by atoms with Crippen molar-refractivity contribution in [3.63, 3.8) is 0 Å². The summed E-state index contributed by atoms with van der Waals surface area (Å²) < 4.78 is 12.1. The molecule has 0 atom stereocenters. The summed E-state index contributed by atoms with van der Waals surface area (Å²) in [5.41, 5.74) is 1.60. The monoisotopic (exact) mass is 274 g/mol. The minimum absolute atomic E-state index is 0.344. The molecule has 2 rings (SSSR count). The summed E-state index contributed by atoms with van der Waals surface area (Å²) >= 11 is 0. The zero-order chi connectivity index (χ0) is 15.0. The van der Waals surface area contributed by atoms with Crippen LogP contribution in [0.2, 0.25) is 0 Å². The third kappa shape index (κ3) is 2.74. The van der Waals surface area contributed by atoms with Crippen molar-refractivity contribution >= 4 is 12.8 Å². The molecule has 1 aliphatic heterocycles. The van der Waals surface area contributed by atoms with Gasteiger partial charge < -0.3 is 20.0 Å². The SMILES string of the molecule is CCN/C=C1/C=C(B2OC(C)(C)C(C)(C)O2)C=CC1=N. The highest BCUT2D eigenvalue weighted by Crippen LogP contribution is 2.39. The van der Waals surface area contributed by atoms with Gasteiger partial charge in [0.15, 0.2) is 0 Å². The normalized spacial score (nSPS) is 26.1. The lowest BCUT2D eigenvalue weighted by molar-refractivity contribution is 0.00578. The van der Waals surface area contributed by atoms with E-state index in [9.17, 15) is 0 Å². The van der Waals surface area contributed by atoms with Crippen LogP contribution in [-0.4, -0.2) is 30.6 Å². The Morgan fingerprint density at radius 3 is 2.35 bits per heavy atom. The van der Waals surface area contributed by atoms with Crippen LogP contribution < -0.4 is 5.32 Å². The van der Waals surface area contributed by atoms with Gasteiger partial charge in [-0.3, -0.25) is 0 Å². The van der Waals surface area contributed by atoms with Gasteiger partial charge >= 0.3 is 7.12 Å². The fourth-order valence-corrected chi connectivity index (χ4v) is 2.04. The van der Waals surface area contributed by atoms with E-state index in [0.717, 1.165) is 17.6 Å². The van der Waals surface area contributed by atoms with Gasteiger partial charge in [0.2, 0.25) is 0 Å². The fourth-order valence-electron chi connectivity index (χ4n) is 2.04. The van der Waals surface area contributed by atoms with Gasteiger partial charge in [-0.15, -0.1) is 0 Å². The van der Waals surface area contributed by atoms with Crippen molar-refractivity contribution < 1.29 is 9.31 Å². The largest absolute Gasteiger partial charge is 0.494 e. The van der Waals surface area contributed by atoms with E-state index >= 15 is 0 Å². The van der Waals surface area contributed by atoms with Crippen molar-refractivity contribution in [2.45, 2.75) is 45.8 Å². The van der Waals surface area contributed by atoms with Crippen molar-refractivity contribution in [1.29, 1.82) is 5.41 Å². The summed E-state index contributed by atoms with van der Waals surface area (Å²) in [6.07, 6.45) is 7.49. The first-order valence-electron chi connectivity index (χ1n) is 7.04. The van der Waals surface area contributed by atoms with Gasteiger partial charge in [0, 0.05) is 18.3 Å². The van der Waals surface area contributed by atoms with Crippen molar-refractivity contribution in [2.24, 2.45) is 0 Å². The summed E-state index contributed by atoms with van der Waals surface area (Å²) in [6, 6.07) is 0. The molecule has 1 heterocycles. The second-order valence-corrected chi connectivity index (χ2v) is 6.14. The van der Waals surface area contributed by atoms with E-state index in [0.29, 0.717) is 5.71 Å². The first-order valence-corrected chi connectivity index (χ1v) is 7.04. The molecule has 5 heteroatoms. The van der Waals surface area contributed by atoms with Gasteiger partial charge in [-0.05, 0) is 46.2 Å². The molecule has 1 aliphatic carbocycles. The predicted octanol–water partition coefficient (Wildman–Crippen LogP) is 2.63. The molecule has 4 nitrogen and oxygen atoms in total. The van der Waals surface area contributed by atoms with Gasteiger partial charge in [0.05, 0.1) is 16.9 Å². The number of rotatable bonds is 3. The van der Waals surface area contributed by atoms with Crippen LogP contribution in [0.3, 0.4) is 0 Å². The summed E-state index contributed by atoms with van der Waals surface area (Å²) in [4.78, 5) is 0.